The van der Waals surface area contributed by atoms with Crippen LogP contribution in [-0.4, -0.2) is 17.9 Å². The Morgan fingerprint density at radius 2 is 1.90 bits per heavy atom. The number of furan rings is 1. The maximum Gasteiger partial charge on any atom is 0.257 e. The van der Waals surface area contributed by atoms with Gasteiger partial charge >= 0.3 is 0 Å². The van der Waals surface area contributed by atoms with Gasteiger partial charge in [-0.05, 0) is 22.4 Å². The number of hydrogen-bond acceptors (Lipinski definition) is 2. The summed E-state index contributed by atoms with van der Waals surface area (Å²) in [4.78, 5) is 13.9. The van der Waals surface area contributed by atoms with Gasteiger partial charge in [0.05, 0.1) is 11.8 Å². The third-order valence-electron chi connectivity index (χ3n) is 3.40. The quantitative estimate of drug-likeness (QED) is 0.723. The van der Waals surface area contributed by atoms with Gasteiger partial charge in [-0.2, -0.15) is 0 Å². The number of amides is 1. The minimum absolute atomic E-state index is 0.0355. The zero-order chi connectivity index (χ0) is 13.9. The second-order valence-electron chi connectivity index (χ2n) is 4.81. The Hall–Kier alpha value is -2.55. The van der Waals surface area contributed by atoms with E-state index in [1.807, 2.05) is 18.2 Å². The van der Waals surface area contributed by atoms with Gasteiger partial charge in [-0.25, -0.2) is 0 Å². The molecule has 0 radical (unpaired) electrons. The molecule has 1 heterocycles. The van der Waals surface area contributed by atoms with Gasteiger partial charge in [0.25, 0.3) is 5.91 Å². The highest BCUT2D eigenvalue weighted by Crippen LogP contribution is 2.20. The van der Waals surface area contributed by atoms with Gasteiger partial charge in [0.15, 0.2) is 0 Å². The first-order valence-electron chi connectivity index (χ1n) is 6.50. The summed E-state index contributed by atoms with van der Waals surface area (Å²) in [6.45, 7) is 0.575. The normalized spacial score (nSPS) is 10.7. The Morgan fingerprint density at radius 3 is 2.70 bits per heavy atom. The van der Waals surface area contributed by atoms with Gasteiger partial charge in [0, 0.05) is 13.6 Å². The summed E-state index contributed by atoms with van der Waals surface area (Å²) in [7, 11) is 1.80. The van der Waals surface area contributed by atoms with Crippen molar-refractivity contribution in [3.8, 4) is 0 Å². The fraction of sp³-hybridized carbons (Fsp3) is 0.118. The molecular weight excluding hydrogens is 250 g/mol. The molecular formula is C17H15NO2. The molecule has 20 heavy (non-hydrogen) atoms. The molecule has 0 bridgehead atoms. The van der Waals surface area contributed by atoms with E-state index in [1.165, 1.54) is 23.3 Å². The summed E-state index contributed by atoms with van der Waals surface area (Å²) < 4.78 is 4.96. The van der Waals surface area contributed by atoms with Gasteiger partial charge in [0.2, 0.25) is 0 Å². The van der Waals surface area contributed by atoms with Crippen LogP contribution in [0.25, 0.3) is 10.8 Å². The maximum absolute atomic E-state index is 12.2. The van der Waals surface area contributed by atoms with E-state index in [2.05, 4.69) is 24.3 Å². The van der Waals surface area contributed by atoms with E-state index < -0.39 is 0 Å². The molecule has 0 atom stereocenters. The van der Waals surface area contributed by atoms with E-state index in [0.29, 0.717) is 12.1 Å². The summed E-state index contributed by atoms with van der Waals surface area (Å²) in [5.74, 6) is -0.0355. The van der Waals surface area contributed by atoms with Crippen LogP contribution in [-0.2, 0) is 6.54 Å². The number of hydrogen-bond donors (Lipinski definition) is 0. The van der Waals surface area contributed by atoms with Gasteiger partial charge in [-0.1, -0.05) is 42.5 Å². The lowest BCUT2D eigenvalue weighted by Gasteiger charge is -2.17. The third-order valence-corrected chi connectivity index (χ3v) is 3.40. The first-order valence-corrected chi connectivity index (χ1v) is 6.50. The smallest absolute Gasteiger partial charge is 0.257 e. The molecule has 3 aromatic rings. The zero-order valence-electron chi connectivity index (χ0n) is 11.2. The van der Waals surface area contributed by atoms with Crippen molar-refractivity contribution >= 4 is 16.7 Å². The average Bonchev–Trinajstić information content (AvgIpc) is 3.01. The first-order chi connectivity index (χ1) is 9.75. The average molecular weight is 265 g/mol. The molecule has 0 fully saturated rings. The molecule has 3 heteroatoms. The summed E-state index contributed by atoms with van der Waals surface area (Å²) in [5, 5.41) is 2.37. The van der Waals surface area contributed by atoms with Gasteiger partial charge in [-0.15, -0.1) is 0 Å². The van der Waals surface area contributed by atoms with E-state index in [4.69, 9.17) is 4.42 Å². The predicted molar refractivity (Wildman–Crippen MR) is 78.5 cm³/mol. The fourth-order valence-electron chi connectivity index (χ4n) is 2.36. The fourth-order valence-corrected chi connectivity index (χ4v) is 2.36. The van der Waals surface area contributed by atoms with E-state index in [0.717, 1.165) is 5.56 Å². The van der Waals surface area contributed by atoms with Crippen molar-refractivity contribution in [3.63, 3.8) is 0 Å². The standard InChI is InChI=1S/C17H15NO2/c1-18(17(19)15-9-10-20-12-15)11-14-7-4-6-13-5-2-3-8-16(13)14/h2-10,12H,11H2,1H3. The van der Waals surface area contributed by atoms with Crippen LogP contribution in [0.4, 0.5) is 0 Å². The first kappa shape index (κ1) is 12.5. The Balaban J connectivity index is 1.88. The number of benzene rings is 2. The van der Waals surface area contributed by atoms with Crippen LogP contribution in [0, 0.1) is 0 Å². The highest BCUT2D eigenvalue weighted by atomic mass is 16.3. The monoisotopic (exact) mass is 265 g/mol. The van der Waals surface area contributed by atoms with Crippen LogP contribution in [0.3, 0.4) is 0 Å². The highest BCUT2D eigenvalue weighted by Gasteiger charge is 2.13. The SMILES string of the molecule is CN(Cc1cccc2ccccc12)C(=O)c1ccoc1. The molecule has 2 aromatic carbocycles. The Morgan fingerprint density at radius 1 is 1.10 bits per heavy atom. The van der Waals surface area contributed by atoms with Crippen LogP contribution < -0.4 is 0 Å². The van der Waals surface area contributed by atoms with Crippen molar-refractivity contribution in [3.05, 3.63) is 72.2 Å². The van der Waals surface area contributed by atoms with Gasteiger partial charge in [0.1, 0.15) is 6.26 Å². The number of rotatable bonds is 3. The van der Waals surface area contributed by atoms with Crippen molar-refractivity contribution in [1.29, 1.82) is 0 Å². The molecule has 1 amide bonds. The minimum atomic E-state index is -0.0355. The molecule has 0 saturated heterocycles. The van der Waals surface area contributed by atoms with Crippen molar-refractivity contribution in [1.82, 2.24) is 4.90 Å². The largest absolute Gasteiger partial charge is 0.472 e. The van der Waals surface area contributed by atoms with E-state index in [9.17, 15) is 4.79 Å². The Bertz CT molecular complexity index is 726. The predicted octanol–water partition coefficient (Wildman–Crippen LogP) is 3.71. The lowest BCUT2D eigenvalue weighted by molar-refractivity contribution is 0.0785. The second kappa shape index (κ2) is 5.21. The number of carbonyl (C=O) groups is 1. The maximum atomic E-state index is 12.2. The topological polar surface area (TPSA) is 33.5 Å². The number of carbonyl (C=O) groups excluding carboxylic acids is 1. The summed E-state index contributed by atoms with van der Waals surface area (Å²) in [6.07, 6.45) is 2.99. The molecule has 0 saturated carbocycles. The van der Waals surface area contributed by atoms with Crippen LogP contribution >= 0.6 is 0 Å². The lowest BCUT2D eigenvalue weighted by Crippen LogP contribution is -2.25. The van der Waals surface area contributed by atoms with Crippen molar-refractivity contribution < 1.29 is 9.21 Å². The van der Waals surface area contributed by atoms with Crippen molar-refractivity contribution in [2.45, 2.75) is 6.54 Å². The van der Waals surface area contributed by atoms with Crippen molar-refractivity contribution in [2.24, 2.45) is 0 Å². The van der Waals surface area contributed by atoms with Crippen molar-refractivity contribution in [2.75, 3.05) is 7.05 Å². The van der Waals surface area contributed by atoms with Gasteiger partial charge < -0.3 is 9.32 Å². The summed E-state index contributed by atoms with van der Waals surface area (Å²) in [5.41, 5.74) is 1.72. The lowest BCUT2D eigenvalue weighted by atomic mass is 10.0. The summed E-state index contributed by atoms with van der Waals surface area (Å²) in [6, 6.07) is 16.0. The van der Waals surface area contributed by atoms with Crippen LogP contribution in [0.15, 0.2) is 65.5 Å². The molecule has 100 valence electrons. The Labute approximate surface area is 117 Å². The van der Waals surface area contributed by atoms with Gasteiger partial charge in [-0.3, -0.25) is 4.79 Å². The minimum Gasteiger partial charge on any atom is -0.472 e. The number of fused-ring (bicyclic) bond motifs is 1. The summed E-state index contributed by atoms with van der Waals surface area (Å²) >= 11 is 0. The highest BCUT2D eigenvalue weighted by molar-refractivity contribution is 5.94. The second-order valence-corrected chi connectivity index (χ2v) is 4.81. The molecule has 0 aliphatic rings. The molecule has 0 spiro atoms. The van der Waals surface area contributed by atoms with E-state index in [-0.39, 0.29) is 5.91 Å². The van der Waals surface area contributed by atoms with E-state index >= 15 is 0 Å². The van der Waals surface area contributed by atoms with Crippen LogP contribution in [0.2, 0.25) is 0 Å². The zero-order valence-corrected chi connectivity index (χ0v) is 11.2. The van der Waals surface area contributed by atoms with Crippen LogP contribution in [0.5, 0.6) is 0 Å². The number of nitrogens with zero attached hydrogens (tertiary/aromatic N) is 1. The molecule has 0 aliphatic heterocycles. The van der Waals surface area contributed by atoms with Crippen LogP contribution in [0.1, 0.15) is 15.9 Å². The Kier molecular flexibility index (Phi) is 3.25. The van der Waals surface area contributed by atoms with E-state index in [1.54, 1.807) is 18.0 Å². The molecule has 3 nitrogen and oxygen atoms in total. The molecule has 0 unspecified atom stereocenters. The third kappa shape index (κ3) is 2.30. The molecule has 0 N–H and O–H groups in total. The molecule has 0 aliphatic carbocycles. The molecule has 3 rings (SSSR count). The molecule has 1 aromatic heterocycles.